The Hall–Kier alpha value is -0.0400. The highest BCUT2D eigenvalue weighted by atomic mass is 16.3. The fourth-order valence-electron chi connectivity index (χ4n) is 1.87. The summed E-state index contributed by atoms with van der Waals surface area (Å²) >= 11 is 0. The van der Waals surface area contributed by atoms with Crippen LogP contribution in [0.2, 0.25) is 0 Å². The molecule has 0 aromatic rings. The van der Waals surface area contributed by atoms with Gasteiger partial charge in [-0.25, -0.2) is 0 Å². The minimum absolute atomic E-state index is 0.352. The van der Waals surface area contributed by atoms with Crippen LogP contribution < -0.4 is 0 Å². The summed E-state index contributed by atoms with van der Waals surface area (Å²) in [5.41, 5.74) is 0.504. The number of unbranched alkanes of at least 4 members (excludes halogenated alkanes) is 3. The van der Waals surface area contributed by atoms with Crippen molar-refractivity contribution in [2.75, 3.05) is 6.61 Å². The first-order valence-electron chi connectivity index (χ1n) is 6.56. The van der Waals surface area contributed by atoms with Crippen LogP contribution in [-0.4, -0.2) is 11.7 Å². The van der Waals surface area contributed by atoms with Gasteiger partial charge >= 0.3 is 0 Å². The van der Waals surface area contributed by atoms with Gasteiger partial charge in [0.15, 0.2) is 0 Å². The molecule has 0 aromatic carbocycles. The van der Waals surface area contributed by atoms with Crippen molar-refractivity contribution in [1.82, 2.24) is 0 Å². The normalized spacial score (nSPS) is 14.2. The average Bonchev–Trinajstić information content (AvgIpc) is 2.09. The van der Waals surface area contributed by atoms with E-state index in [0.717, 1.165) is 6.42 Å². The molecule has 0 bridgehead atoms. The van der Waals surface area contributed by atoms with E-state index in [1.54, 1.807) is 0 Å². The van der Waals surface area contributed by atoms with Gasteiger partial charge in [-0.05, 0) is 24.2 Å². The van der Waals surface area contributed by atoms with Gasteiger partial charge in [0, 0.05) is 6.61 Å². The Bertz CT molecular complexity index is 135. The second-order valence-electron chi connectivity index (χ2n) is 6.13. The molecule has 0 amide bonds. The van der Waals surface area contributed by atoms with Crippen molar-refractivity contribution in [3.63, 3.8) is 0 Å². The first-order chi connectivity index (χ1) is 6.95. The van der Waals surface area contributed by atoms with E-state index in [1.165, 1.54) is 38.5 Å². The summed E-state index contributed by atoms with van der Waals surface area (Å²) in [6.45, 7) is 9.54. The Labute approximate surface area is 96.3 Å². The molecule has 1 atom stereocenters. The lowest BCUT2D eigenvalue weighted by Crippen LogP contribution is -2.04. The van der Waals surface area contributed by atoms with E-state index in [-0.39, 0.29) is 0 Å². The zero-order chi connectivity index (χ0) is 11.7. The molecule has 0 aliphatic heterocycles. The molecule has 92 valence electrons. The van der Waals surface area contributed by atoms with Gasteiger partial charge in [0.05, 0.1) is 0 Å². The molecule has 0 spiro atoms. The Kier molecular flexibility index (Phi) is 8.13. The van der Waals surface area contributed by atoms with Gasteiger partial charge in [-0.2, -0.15) is 0 Å². The third-order valence-corrected chi connectivity index (χ3v) is 3.00. The predicted octanol–water partition coefficient (Wildman–Crippen LogP) is 4.39. The summed E-state index contributed by atoms with van der Waals surface area (Å²) in [6.07, 6.45) is 9.06. The number of rotatable bonds is 8. The third kappa shape index (κ3) is 11.9. The summed E-state index contributed by atoms with van der Waals surface area (Å²) in [5.74, 6) is 0.706. The van der Waals surface area contributed by atoms with Crippen molar-refractivity contribution in [3.8, 4) is 0 Å². The van der Waals surface area contributed by atoms with Gasteiger partial charge in [-0.3, -0.25) is 0 Å². The summed E-state index contributed by atoms with van der Waals surface area (Å²) in [7, 11) is 0. The Balaban J connectivity index is 3.18. The van der Waals surface area contributed by atoms with E-state index in [1.807, 2.05) is 0 Å². The average molecular weight is 214 g/mol. The van der Waals surface area contributed by atoms with Crippen LogP contribution in [0.4, 0.5) is 0 Å². The predicted molar refractivity (Wildman–Crippen MR) is 68.0 cm³/mol. The molecular weight excluding hydrogens is 184 g/mol. The van der Waals surface area contributed by atoms with Gasteiger partial charge in [0.1, 0.15) is 0 Å². The molecule has 0 radical (unpaired) electrons. The molecule has 0 aliphatic carbocycles. The van der Waals surface area contributed by atoms with Crippen LogP contribution in [-0.2, 0) is 0 Å². The van der Waals surface area contributed by atoms with E-state index in [9.17, 15) is 0 Å². The van der Waals surface area contributed by atoms with Crippen LogP contribution in [0.3, 0.4) is 0 Å². The Morgan fingerprint density at radius 3 is 2.07 bits per heavy atom. The van der Waals surface area contributed by atoms with Crippen molar-refractivity contribution >= 4 is 0 Å². The maximum atomic E-state index is 8.77. The number of aliphatic hydroxyl groups excluding tert-OH is 1. The summed E-state index contributed by atoms with van der Waals surface area (Å²) in [5, 5.41) is 8.77. The molecular formula is C14H30O. The third-order valence-electron chi connectivity index (χ3n) is 3.00. The zero-order valence-electron chi connectivity index (χ0n) is 11.2. The molecule has 0 saturated carbocycles. The molecule has 1 unspecified atom stereocenters. The number of aliphatic hydroxyl groups is 1. The van der Waals surface area contributed by atoms with Crippen molar-refractivity contribution in [3.05, 3.63) is 0 Å². The SMILES string of the molecule is CC(CCO)CCCCCCC(C)(C)C. The van der Waals surface area contributed by atoms with E-state index >= 15 is 0 Å². The minimum atomic E-state index is 0.352. The van der Waals surface area contributed by atoms with E-state index < -0.39 is 0 Å². The fourth-order valence-corrected chi connectivity index (χ4v) is 1.87. The fraction of sp³-hybridized carbons (Fsp3) is 1.00. The highest BCUT2D eigenvalue weighted by molar-refractivity contribution is 4.61. The molecule has 0 aromatic heterocycles. The largest absolute Gasteiger partial charge is 0.396 e. The molecule has 1 N–H and O–H groups in total. The van der Waals surface area contributed by atoms with Crippen molar-refractivity contribution in [1.29, 1.82) is 0 Å². The van der Waals surface area contributed by atoms with Gasteiger partial charge in [0.25, 0.3) is 0 Å². The highest BCUT2D eigenvalue weighted by Crippen LogP contribution is 2.23. The van der Waals surface area contributed by atoms with Crippen LogP contribution in [0.25, 0.3) is 0 Å². The van der Waals surface area contributed by atoms with Gasteiger partial charge < -0.3 is 5.11 Å². The lowest BCUT2D eigenvalue weighted by molar-refractivity contribution is 0.256. The molecule has 1 heteroatoms. The maximum Gasteiger partial charge on any atom is 0.0433 e. The van der Waals surface area contributed by atoms with Crippen LogP contribution in [0.5, 0.6) is 0 Å². The van der Waals surface area contributed by atoms with Crippen LogP contribution in [0, 0.1) is 11.3 Å². The van der Waals surface area contributed by atoms with Gasteiger partial charge in [-0.15, -0.1) is 0 Å². The lowest BCUT2D eigenvalue weighted by Gasteiger charge is -2.17. The zero-order valence-corrected chi connectivity index (χ0v) is 11.2. The van der Waals surface area contributed by atoms with E-state index in [2.05, 4.69) is 27.7 Å². The molecule has 0 aliphatic rings. The van der Waals surface area contributed by atoms with Crippen LogP contribution in [0.15, 0.2) is 0 Å². The summed E-state index contributed by atoms with van der Waals surface area (Å²) in [4.78, 5) is 0. The van der Waals surface area contributed by atoms with Gasteiger partial charge in [0.2, 0.25) is 0 Å². The molecule has 0 rings (SSSR count). The van der Waals surface area contributed by atoms with E-state index in [4.69, 9.17) is 5.11 Å². The second-order valence-corrected chi connectivity index (χ2v) is 6.13. The Morgan fingerprint density at radius 2 is 1.53 bits per heavy atom. The quantitative estimate of drug-likeness (QED) is 0.594. The second kappa shape index (κ2) is 8.15. The van der Waals surface area contributed by atoms with Crippen molar-refractivity contribution < 1.29 is 5.11 Å². The van der Waals surface area contributed by atoms with Crippen LogP contribution in [0.1, 0.15) is 72.6 Å². The lowest BCUT2D eigenvalue weighted by atomic mass is 9.89. The maximum absolute atomic E-state index is 8.77. The monoisotopic (exact) mass is 214 g/mol. The van der Waals surface area contributed by atoms with Gasteiger partial charge in [-0.1, -0.05) is 59.8 Å². The standard InChI is InChI=1S/C14H30O/c1-13(10-12-15)9-7-5-6-8-11-14(2,3)4/h13,15H,5-12H2,1-4H3. The molecule has 0 fully saturated rings. The van der Waals surface area contributed by atoms with Crippen molar-refractivity contribution in [2.45, 2.75) is 72.6 Å². The van der Waals surface area contributed by atoms with Crippen LogP contribution >= 0.6 is 0 Å². The molecule has 15 heavy (non-hydrogen) atoms. The van der Waals surface area contributed by atoms with Crippen molar-refractivity contribution in [2.24, 2.45) is 11.3 Å². The molecule has 0 saturated heterocycles. The topological polar surface area (TPSA) is 20.2 Å². The first-order valence-corrected chi connectivity index (χ1v) is 6.56. The first kappa shape index (κ1) is 15.0. The Morgan fingerprint density at radius 1 is 0.933 bits per heavy atom. The molecule has 1 nitrogen and oxygen atoms in total. The molecule has 0 heterocycles. The summed E-state index contributed by atoms with van der Waals surface area (Å²) in [6, 6.07) is 0. The van der Waals surface area contributed by atoms with E-state index in [0.29, 0.717) is 17.9 Å². The summed E-state index contributed by atoms with van der Waals surface area (Å²) < 4.78 is 0. The number of hydrogen-bond acceptors (Lipinski definition) is 1. The smallest absolute Gasteiger partial charge is 0.0433 e. The number of hydrogen-bond donors (Lipinski definition) is 1. The minimum Gasteiger partial charge on any atom is -0.396 e. The highest BCUT2D eigenvalue weighted by Gasteiger charge is 2.08.